The van der Waals surface area contributed by atoms with Crippen molar-refractivity contribution in [3.05, 3.63) is 169 Å². The molecule has 0 N–H and O–H groups in total. The van der Waals surface area contributed by atoms with Crippen molar-refractivity contribution in [2.45, 2.75) is 21.6 Å². The molecule has 0 heterocycles. The highest BCUT2D eigenvalue weighted by Gasteiger charge is 2.34. The second-order valence-electron chi connectivity index (χ2n) is 9.32. The van der Waals surface area contributed by atoms with Crippen molar-refractivity contribution in [3.63, 3.8) is 0 Å². The van der Waals surface area contributed by atoms with Crippen LogP contribution in [0.5, 0.6) is 0 Å². The highest BCUT2D eigenvalue weighted by Crippen LogP contribution is 2.73. The molecule has 0 aromatic heterocycles. The first-order valence-electron chi connectivity index (χ1n) is 13.2. The zero-order valence-electron chi connectivity index (χ0n) is 22.4. The molecule has 0 aliphatic carbocycles. The molecule has 0 amide bonds. The molecule has 5 aromatic carbocycles. The summed E-state index contributed by atoms with van der Waals surface area (Å²) in [6, 6.07) is 49.4. The molecule has 1 nitrogen and oxygen atoms in total. The van der Waals surface area contributed by atoms with Gasteiger partial charge in [-0.05, 0) is 66.4 Å². The van der Waals surface area contributed by atoms with Crippen LogP contribution in [-0.4, -0.2) is 0 Å². The third kappa shape index (κ3) is 5.03. The number of hydrogen-bond acceptors (Lipinski definition) is 1. The Kier molecular flexibility index (Phi) is 8.37. The Morgan fingerprint density at radius 2 is 0.975 bits per heavy atom. The number of allylic oxidation sites excluding steroid dienone is 4. The summed E-state index contributed by atoms with van der Waals surface area (Å²) >= 11 is 0. The van der Waals surface area contributed by atoms with Crippen molar-refractivity contribution in [2.24, 2.45) is 0 Å². The van der Waals surface area contributed by atoms with E-state index in [1.165, 1.54) is 19.6 Å². The van der Waals surface area contributed by atoms with E-state index in [0.717, 1.165) is 15.9 Å². The zero-order chi connectivity index (χ0) is 27.8. The Labute approximate surface area is 239 Å². The van der Waals surface area contributed by atoms with E-state index >= 15 is 0 Å². The van der Waals surface area contributed by atoms with Gasteiger partial charge in [0.05, 0.1) is 0 Å². The predicted molar refractivity (Wildman–Crippen MR) is 173 cm³/mol. The van der Waals surface area contributed by atoms with Crippen LogP contribution in [0, 0.1) is 12.3 Å². The lowest BCUT2D eigenvalue weighted by Gasteiger charge is -2.42. The summed E-state index contributed by atoms with van der Waals surface area (Å²) in [5, 5.41) is 2.47. The van der Waals surface area contributed by atoms with Gasteiger partial charge in [0.1, 0.15) is 0 Å². The average molecular weight is 555 g/mol. The molecule has 0 aliphatic heterocycles. The molecule has 0 saturated heterocycles. The second-order valence-corrected chi connectivity index (χ2v) is 15.4. The van der Waals surface area contributed by atoms with Gasteiger partial charge >= 0.3 is 0 Å². The summed E-state index contributed by atoms with van der Waals surface area (Å²) in [6.07, 6.45) is 11.3. The molecule has 0 aliphatic rings. The van der Waals surface area contributed by atoms with Crippen LogP contribution in [0.4, 0.5) is 0 Å². The van der Waals surface area contributed by atoms with Crippen LogP contribution in [0.3, 0.4) is 0 Å². The van der Waals surface area contributed by atoms with Gasteiger partial charge in [0.15, 0.2) is 7.14 Å². The maximum Gasteiger partial charge on any atom is 0.171 e. The molecule has 0 atom stereocenters. The summed E-state index contributed by atoms with van der Waals surface area (Å²) in [5.41, 5.74) is 0. The molecule has 0 spiro atoms. The molecule has 5 rings (SSSR count). The number of terminal acetylenes is 1. The van der Waals surface area contributed by atoms with E-state index in [-0.39, 0.29) is 0 Å². The third-order valence-corrected chi connectivity index (χ3v) is 14.1. The monoisotopic (exact) mass is 554 g/mol. The molecule has 5 aromatic rings. The molecule has 0 radical (unpaired) electrons. The van der Waals surface area contributed by atoms with Crippen LogP contribution in [0.2, 0.25) is 0 Å². The third-order valence-electron chi connectivity index (χ3n) is 6.99. The van der Waals surface area contributed by atoms with Crippen LogP contribution >= 0.6 is 17.2 Å². The quantitative estimate of drug-likeness (QED) is 0.107. The minimum Gasteiger partial charge on any atom is -0.309 e. The molecule has 0 bridgehead atoms. The zero-order valence-corrected chi connectivity index (χ0v) is 24.1. The topological polar surface area (TPSA) is 17.1 Å². The van der Waals surface area contributed by atoms with E-state index in [1.54, 1.807) is 6.08 Å². The molecule has 3 heteroatoms. The van der Waals surface area contributed by atoms with Crippen LogP contribution in [0.15, 0.2) is 183 Å². The molecule has 40 heavy (non-hydrogen) atoms. The largest absolute Gasteiger partial charge is 0.309 e. The fourth-order valence-corrected chi connectivity index (χ4v) is 11.7. The highest BCUT2D eigenvalue weighted by molar-refractivity contribution is 8.36. The molecule has 0 unspecified atom stereocenters. The highest BCUT2D eigenvalue weighted by atomic mass is 32.3. The van der Waals surface area contributed by atoms with Crippen molar-refractivity contribution >= 4 is 33.1 Å². The Bertz CT molecular complexity index is 1620. The molecular weight excluding hydrogens is 523 g/mol. The van der Waals surface area contributed by atoms with E-state index in [9.17, 15) is 4.57 Å². The maximum absolute atomic E-state index is 15.0. The molecule has 0 saturated carbocycles. The fourth-order valence-electron chi connectivity index (χ4n) is 5.14. The van der Waals surface area contributed by atoms with E-state index in [1.807, 2.05) is 66.7 Å². The Balaban J connectivity index is 1.76. The first kappa shape index (κ1) is 27.3. The van der Waals surface area contributed by atoms with E-state index in [2.05, 4.69) is 104 Å². The lowest BCUT2D eigenvalue weighted by Crippen LogP contribution is -2.25. The first-order valence-corrected chi connectivity index (χ1v) is 16.5. The predicted octanol–water partition coefficient (Wildman–Crippen LogP) is 8.70. The van der Waals surface area contributed by atoms with Crippen molar-refractivity contribution < 1.29 is 4.57 Å². The van der Waals surface area contributed by atoms with E-state index in [4.69, 9.17) is 6.42 Å². The Morgan fingerprint density at radius 3 is 1.40 bits per heavy atom. The summed E-state index contributed by atoms with van der Waals surface area (Å²) in [5.74, 6) is 2.60. The van der Waals surface area contributed by atoms with E-state index < -0.39 is 17.2 Å². The first-order chi connectivity index (χ1) is 19.6. The minimum atomic E-state index is -3.08. The van der Waals surface area contributed by atoms with Crippen LogP contribution in [0.1, 0.15) is 6.92 Å². The lowest BCUT2D eigenvalue weighted by molar-refractivity contribution is 0.592. The van der Waals surface area contributed by atoms with Gasteiger partial charge in [-0.1, -0.05) is 115 Å². The SMILES string of the molecule is C#C/C=C\C=C(/C)S(c1ccccc1)(c1ccccc1)c1ccc(P(=O)(c2ccccc2)c2ccccc2)cc1. The lowest BCUT2D eigenvalue weighted by atomic mass is 10.3. The summed E-state index contributed by atoms with van der Waals surface area (Å²) in [7, 11) is -4.91. The summed E-state index contributed by atoms with van der Waals surface area (Å²) in [4.78, 5) is 4.83. The van der Waals surface area contributed by atoms with Crippen molar-refractivity contribution in [1.82, 2.24) is 0 Å². The van der Waals surface area contributed by atoms with Crippen LogP contribution < -0.4 is 15.9 Å². The Hall–Kier alpha value is -4.28. The van der Waals surface area contributed by atoms with Crippen molar-refractivity contribution in [2.75, 3.05) is 0 Å². The van der Waals surface area contributed by atoms with Crippen LogP contribution in [-0.2, 0) is 4.57 Å². The number of hydrogen-bond donors (Lipinski definition) is 0. The second kappa shape index (κ2) is 12.3. The van der Waals surface area contributed by atoms with Gasteiger partial charge in [0.25, 0.3) is 0 Å². The van der Waals surface area contributed by atoms with Gasteiger partial charge < -0.3 is 4.57 Å². The van der Waals surface area contributed by atoms with Gasteiger partial charge in [0, 0.05) is 30.6 Å². The molecular formula is C37H31OPS. The number of benzene rings is 5. The summed E-state index contributed by atoms with van der Waals surface area (Å²) < 4.78 is 15.0. The van der Waals surface area contributed by atoms with E-state index in [0.29, 0.717) is 0 Å². The summed E-state index contributed by atoms with van der Waals surface area (Å²) in [6.45, 7) is 2.18. The van der Waals surface area contributed by atoms with Crippen molar-refractivity contribution in [1.29, 1.82) is 0 Å². The fraction of sp³-hybridized carbons (Fsp3) is 0.0270. The normalized spacial score (nSPS) is 12.7. The molecule has 196 valence electrons. The average Bonchev–Trinajstić information content (AvgIpc) is 3.03. The standard InChI is InChI=1S/C37H31OPS/c1-3-4-9-18-31(2)40(35-23-14-7-15-24-35,36-25-16-8-17-26-36)37-29-27-34(28-30-37)39(38,32-19-10-5-11-20-32)33-21-12-6-13-22-33/h1,4-30H,2H3/b9-4-,31-18+. The Morgan fingerprint density at radius 1 is 0.600 bits per heavy atom. The van der Waals surface area contributed by atoms with Gasteiger partial charge in [0.2, 0.25) is 0 Å². The number of rotatable bonds is 8. The smallest absolute Gasteiger partial charge is 0.171 e. The maximum atomic E-state index is 15.0. The van der Waals surface area contributed by atoms with Gasteiger partial charge in [-0.25, -0.2) is 0 Å². The minimum absolute atomic E-state index is 0.817. The molecule has 0 fully saturated rings. The van der Waals surface area contributed by atoms with Gasteiger partial charge in [-0.2, -0.15) is 0 Å². The van der Waals surface area contributed by atoms with Gasteiger partial charge in [-0.15, -0.1) is 16.5 Å². The van der Waals surface area contributed by atoms with Crippen LogP contribution in [0.25, 0.3) is 0 Å². The van der Waals surface area contributed by atoms with Crippen molar-refractivity contribution in [3.8, 4) is 12.3 Å². The van der Waals surface area contributed by atoms with Gasteiger partial charge in [-0.3, -0.25) is 0 Å².